The smallest absolute Gasteiger partial charge is 0.317 e. The first-order valence-corrected chi connectivity index (χ1v) is 5.59. The number of nitrogens with one attached hydrogen (secondary N) is 3. The van der Waals surface area contributed by atoms with Gasteiger partial charge in [-0.3, -0.25) is 4.79 Å². The van der Waals surface area contributed by atoms with Gasteiger partial charge in [-0.2, -0.15) is 0 Å². The molecule has 3 amide bonds. The van der Waals surface area contributed by atoms with Crippen LogP contribution in [0.2, 0.25) is 0 Å². The third-order valence-corrected chi connectivity index (χ3v) is 3.28. The summed E-state index contributed by atoms with van der Waals surface area (Å²) in [6.07, 6.45) is 0.507. The number of carbonyl (C=O) groups excluding carboxylic acids is 2. The van der Waals surface area contributed by atoms with Crippen LogP contribution < -0.4 is 16.0 Å². The minimum absolute atomic E-state index is 0.0672. The van der Waals surface area contributed by atoms with E-state index in [0.717, 1.165) is 13.1 Å². The first-order valence-electron chi connectivity index (χ1n) is 5.59. The molecule has 0 radical (unpaired) electrons. The van der Waals surface area contributed by atoms with Gasteiger partial charge in [0.25, 0.3) is 0 Å². The predicted octanol–water partition coefficient (Wildman–Crippen LogP) is -1.26. The molecule has 2 fully saturated rings. The number of nitrogens with zero attached hydrogens (tertiary/aromatic N) is 1. The Morgan fingerprint density at radius 2 is 2.31 bits per heavy atom. The van der Waals surface area contributed by atoms with Crippen LogP contribution in [-0.2, 0) is 4.79 Å². The first kappa shape index (κ1) is 11.2. The van der Waals surface area contributed by atoms with E-state index < -0.39 is 0 Å². The molecule has 0 aromatic rings. The minimum Gasteiger partial charge on any atom is -0.355 e. The van der Waals surface area contributed by atoms with Gasteiger partial charge in [-0.05, 0) is 0 Å². The van der Waals surface area contributed by atoms with Gasteiger partial charge in [-0.25, -0.2) is 4.79 Å². The van der Waals surface area contributed by atoms with Gasteiger partial charge >= 0.3 is 6.03 Å². The summed E-state index contributed by atoms with van der Waals surface area (Å²) < 4.78 is 0. The Morgan fingerprint density at radius 3 is 2.94 bits per heavy atom. The van der Waals surface area contributed by atoms with E-state index in [1.165, 1.54) is 0 Å². The monoisotopic (exact) mass is 226 g/mol. The van der Waals surface area contributed by atoms with Gasteiger partial charge < -0.3 is 20.9 Å². The quantitative estimate of drug-likeness (QED) is 0.482. The predicted molar refractivity (Wildman–Crippen MR) is 59.0 cm³/mol. The molecule has 2 heterocycles. The third-order valence-electron chi connectivity index (χ3n) is 3.28. The highest BCUT2D eigenvalue weighted by Crippen LogP contribution is 2.27. The summed E-state index contributed by atoms with van der Waals surface area (Å²) >= 11 is 0. The summed E-state index contributed by atoms with van der Waals surface area (Å²) in [5, 5.41) is 8.78. The van der Waals surface area contributed by atoms with E-state index in [0.29, 0.717) is 26.1 Å². The summed E-state index contributed by atoms with van der Waals surface area (Å²) in [5.74, 6) is 0.0838. The van der Waals surface area contributed by atoms with Crippen molar-refractivity contribution in [2.24, 2.45) is 5.41 Å². The second-order valence-corrected chi connectivity index (χ2v) is 4.61. The molecule has 2 aliphatic rings. The molecule has 2 aliphatic heterocycles. The molecule has 1 atom stereocenters. The van der Waals surface area contributed by atoms with Crippen molar-refractivity contribution >= 4 is 11.9 Å². The van der Waals surface area contributed by atoms with Gasteiger partial charge in [0.1, 0.15) is 0 Å². The molecule has 16 heavy (non-hydrogen) atoms. The molecular formula is C10H18N4O2. The third kappa shape index (κ3) is 2.11. The molecule has 0 bridgehead atoms. The van der Waals surface area contributed by atoms with Crippen LogP contribution in [0, 0.1) is 5.41 Å². The van der Waals surface area contributed by atoms with Crippen LogP contribution in [0.4, 0.5) is 4.79 Å². The van der Waals surface area contributed by atoms with Gasteiger partial charge in [-0.1, -0.05) is 0 Å². The van der Waals surface area contributed by atoms with Gasteiger partial charge in [0.2, 0.25) is 5.91 Å². The van der Waals surface area contributed by atoms with Crippen LogP contribution in [0.3, 0.4) is 0 Å². The molecule has 6 nitrogen and oxygen atoms in total. The minimum atomic E-state index is -0.125. The van der Waals surface area contributed by atoms with E-state index >= 15 is 0 Å². The SMILES string of the molecule is CNC(=O)N1CCNCC2(CNC(=O)C2)C1. The molecule has 2 rings (SSSR count). The van der Waals surface area contributed by atoms with Crippen LogP contribution in [0.1, 0.15) is 6.42 Å². The van der Waals surface area contributed by atoms with Gasteiger partial charge in [0.05, 0.1) is 0 Å². The fraction of sp³-hybridized carbons (Fsp3) is 0.800. The van der Waals surface area contributed by atoms with E-state index in [2.05, 4.69) is 16.0 Å². The van der Waals surface area contributed by atoms with Crippen LogP contribution in [0.15, 0.2) is 0 Å². The maximum absolute atomic E-state index is 11.6. The Kier molecular flexibility index (Phi) is 3.00. The lowest BCUT2D eigenvalue weighted by Gasteiger charge is -2.30. The molecule has 0 aromatic heterocycles. The molecule has 1 unspecified atom stereocenters. The van der Waals surface area contributed by atoms with Crippen LogP contribution in [0.25, 0.3) is 0 Å². The van der Waals surface area contributed by atoms with Crippen molar-refractivity contribution < 1.29 is 9.59 Å². The lowest BCUT2D eigenvalue weighted by molar-refractivity contribution is -0.119. The number of hydrogen-bond donors (Lipinski definition) is 3. The number of amides is 3. The number of carbonyl (C=O) groups is 2. The molecule has 90 valence electrons. The van der Waals surface area contributed by atoms with Crippen molar-refractivity contribution in [1.82, 2.24) is 20.9 Å². The van der Waals surface area contributed by atoms with Crippen molar-refractivity contribution in [1.29, 1.82) is 0 Å². The van der Waals surface area contributed by atoms with Crippen LogP contribution in [0.5, 0.6) is 0 Å². The average Bonchev–Trinajstić information content (AvgIpc) is 2.50. The van der Waals surface area contributed by atoms with Crippen LogP contribution >= 0.6 is 0 Å². The highest BCUT2D eigenvalue weighted by Gasteiger charge is 2.41. The van der Waals surface area contributed by atoms with Crippen LogP contribution in [-0.4, -0.2) is 56.6 Å². The molecule has 0 aliphatic carbocycles. The van der Waals surface area contributed by atoms with E-state index in [9.17, 15) is 9.59 Å². The maximum Gasteiger partial charge on any atom is 0.317 e. The summed E-state index contributed by atoms with van der Waals surface area (Å²) in [6.45, 7) is 3.56. The van der Waals surface area contributed by atoms with E-state index in [1.54, 1.807) is 11.9 Å². The maximum atomic E-state index is 11.6. The molecule has 6 heteroatoms. The fourth-order valence-electron chi connectivity index (χ4n) is 2.43. The lowest BCUT2D eigenvalue weighted by atomic mass is 9.86. The Hall–Kier alpha value is -1.30. The molecular weight excluding hydrogens is 208 g/mol. The topological polar surface area (TPSA) is 73.5 Å². The Morgan fingerprint density at radius 1 is 1.50 bits per heavy atom. The van der Waals surface area contributed by atoms with Crippen molar-refractivity contribution in [2.45, 2.75) is 6.42 Å². The highest BCUT2D eigenvalue weighted by atomic mass is 16.2. The first-order chi connectivity index (χ1) is 7.65. The van der Waals surface area contributed by atoms with Gasteiger partial charge in [-0.15, -0.1) is 0 Å². The van der Waals surface area contributed by atoms with Crippen molar-refractivity contribution in [2.75, 3.05) is 39.8 Å². The Labute approximate surface area is 94.7 Å². The highest BCUT2D eigenvalue weighted by molar-refractivity contribution is 5.80. The van der Waals surface area contributed by atoms with E-state index in [1.807, 2.05) is 0 Å². The largest absolute Gasteiger partial charge is 0.355 e. The van der Waals surface area contributed by atoms with Gasteiger partial charge in [0, 0.05) is 51.6 Å². The average molecular weight is 226 g/mol. The Bertz CT molecular complexity index is 307. The lowest BCUT2D eigenvalue weighted by Crippen LogP contribution is -2.46. The fourth-order valence-corrected chi connectivity index (χ4v) is 2.43. The van der Waals surface area contributed by atoms with E-state index in [4.69, 9.17) is 0 Å². The zero-order chi connectivity index (χ0) is 11.6. The molecule has 3 N–H and O–H groups in total. The molecule has 0 saturated carbocycles. The van der Waals surface area contributed by atoms with Crippen molar-refractivity contribution in [3.63, 3.8) is 0 Å². The summed E-state index contributed by atoms with van der Waals surface area (Å²) in [6, 6.07) is -0.0672. The number of hydrogen-bond acceptors (Lipinski definition) is 3. The van der Waals surface area contributed by atoms with Crippen molar-refractivity contribution in [3.8, 4) is 0 Å². The van der Waals surface area contributed by atoms with Gasteiger partial charge in [0.15, 0.2) is 0 Å². The standard InChI is InChI=1S/C10H18N4O2/c1-11-9(16)14-3-2-12-5-10(7-14)4-8(15)13-6-10/h12H,2-7H2,1H3,(H,11,16)(H,13,15). The zero-order valence-electron chi connectivity index (χ0n) is 9.51. The van der Waals surface area contributed by atoms with E-state index in [-0.39, 0.29) is 17.4 Å². The summed E-state index contributed by atoms with van der Waals surface area (Å²) in [7, 11) is 1.63. The zero-order valence-corrected chi connectivity index (χ0v) is 9.51. The number of rotatable bonds is 0. The molecule has 1 spiro atoms. The van der Waals surface area contributed by atoms with Crippen molar-refractivity contribution in [3.05, 3.63) is 0 Å². The second-order valence-electron chi connectivity index (χ2n) is 4.61. The molecule has 2 saturated heterocycles. The molecule has 0 aromatic carbocycles. The summed E-state index contributed by atoms with van der Waals surface area (Å²) in [5.41, 5.74) is -0.125. The summed E-state index contributed by atoms with van der Waals surface area (Å²) in [4.78, 5) is 24.7. The second kappa shape index (κ2) is 4.29. The Balaban J connectivity index is 2.09. The number of urea groups is 1. The normalized spacial score (nSPS) is 30.1.